The lowest BCUT2D eigenvalue weighted by Crippen LogP contribution is -2.53. The molecule has 5 nitrogen and oxygen atoms in total. The smallest absolute Gasteiger partial charge is 0.309 e. The number of hydrogen-bond donors (Lipinski definition) is 1. The van der Waals surface area contributed by atoms with Crippen LogP contribution in [0.25, 0.3) is 0 Å². The Hall–Kier alpha value is -1.75. The van der Waals surface area contributed by atoms with Crippen LogP contribution in [0.3, 0.4) is 0 Å². The van der Waals surface area contributed by atoms with Gasteiger partial charge in [-0.15, -0.1) is 0 Å². The van der Waals surface area contributed by atoms with E-state index in [9.17, 15) is 9.90 Å². The Morgan fingerprint density at radius 3 is 2.48 bits per heavy atom. The zero-order valence-electron chi connectivity index (χ0n) is 17.0. The average Bonchev–Trinajstić information content (AvgIpc) is 2.88. The van der Waals surface area contributed by atoms with E-state index in [1.165, 1.54) is 0 Å². The first kappa shape index (κ1) is 18.6. The SMILES string of the molecule is CC(C)[C@H]1O[C@H]2c3ccc4c(c3OC(C)(C)[C@@H]2C[C@@H]1C(=O)O)OC(C)(C)C4. The Balaban J connectivity index is 1.79. The molecule has 1 saturated heterocycles. The maximum absolute atomic E-state index is 11.9. The highest BCUT2D eigenvalue weighted by atomic mass is 16.6. The number of rotatable bonds is 2. The van der Waals surface area contributed by atoms with Gasteiger partial charge in [-0.3, -0.25) is 4.79 Å². The molecule has 3 aliphatic rings. The van der Waals surface area contributed by atoms with E-state index in [0.717, 1.165) is 29.0 Å². The third-order valence-electron chi connectivity index (χ3n) is 6.33. The molecule has 0 radical (unpaired) electrons. The molecule has 3 aliphatic heterocycles. The molecule has 5 heteroatoms. The lowest BCUT2D eigenvalue weighted by Gasteiger charge is -2.51. The summed E-state index contributed by atoms with van der Waals surface area (Å²) in [4.78, 5) is 11.9. The van der Waals surface area contributed by atoms with Crippen LogP contribution < -0.4 is 9.47 Å². The molecule has 0 spiro atoms. The van der Waals surface area contributed by atoms with Gasteiger partial charge in [0.15, 0.2) is 11.5 Å². The van der Waals surface area contributed by atoms with Crippen molar-refractivity contribution in [3.63, 3.8) is 0 Å². The van der Waals surface area contributed by atoms with Crippen LogP contribution in [0.2, 0.25) is 0 Å². The molecule has 1 aromatic rings. The van der Waals surface area contributed by atoms with Crippen molar-refractivity contribution in [1.82, 2.24) is 0 Å². The predicted octanol–water partition coefficient (Wildman–Crippen LogP) is 4.37. The van der Waals surface area contributed by atoms with Gasteiger partial charge in [0.05, 0.1) is 18.1 Å². The number of aliphatic carboxylic acids is 1. The Bertz CT molecular complexity index is 779. The summed E-state index contributed by atoms with van der Waals surface area (Å²) in [7, 11) is 0. The van der Waals surface area contributed by atoms with Gasteiger partial charge in [0, 0.05) is 23.5 Å². The summed E-state index contributed by atoms with van der Waals surface area (Å²) < 4.78 is 19.2. The third kappa shape index (κ3) is 2.91. The quantitative estimate of drug-likeness (QED) is 0.832. The molecule has 0 amide bonds. The molecular weight excluding hydrogens is 344 g/mol. The van der Waals surface area contributed by atoms with Gasteiger partial charge >= 0.3 is 5.97 Å². The topological polar surface area (TPSA) is 65.0 Å². The summed E-state index contributed by atoms with van der Waals surface area (Å²) in [5.41, 5.74) is 1.38. The van der Waals surface area contributed by atoms with Gasteiger partial charge in [0.2, 0.25) is 0 Å². The Morgan fingerprint density at radius 1 is 1.15 bits per heavy atom. The van der Waals surface area contributed by atoms with E-state index in [1.54, 1.807) is 0 Å². The number of fused-ring (bicyclic) bond motifs is 5. The van der Waals surface area contributed by atoms with Crippen molar-refractivity contribution in [1.29, 1.82) is 0 Å². The molecule has 0 aromatic heterocycles. The molecule has 3 heterocycles. The lowest BCUT2D eigenvalue weighted by molar-refractivity contribution is -0.196. The maximum atomic E-state index is 11.9. The fourth-order valence-corrected chi connectivity index (χ4v) is 5.00. The van der Waals surface area contributed by atoms with Crippen LogP contribution in [0.4, 0.5) is 0 Å². The molecule has 1 aromatic carbocycles. The van der Waals surface area contributed by atoms with Crippen molar-refractivity contribution < 1.29 is 24.1 Å². The summed E-state index contributed by atoms with van der Waals surface area (Å²) in [5.74, 6) is 0.419. The Labute approximate surface area is 161 Å². The van der Waals surface area contributed by atoms with Crippen LogP contribution >= 0.6 is 0 Å². The Morgan fingerprint density at radius 2 is 1.85 bits per heavy atom. The summed E-state index contributed by atoms with van der Waals surface area (Å²) in [6.45, 7) is 12.3. The summed E-state index contributed by atoms with van der Waals surface area (Å²) >= 11 is 0. The van der Waals surface area contributed by atoms with E-state index < -0.39 is 17.5 Å². The average molecular weight is 374 g/mol. The standard InChI is InChI=1S/C22H30O5/c1-11(2)16-14(20(23)24)9-15-18(25-16)13-8-7-12-10-21(3,4)26-17(12)19(13)27-22(15,5)6/h7-8,11,14-16,18H,9-10H2,1-6H3,(H,23,24)/t14-,15+,16+,18-/m0/s1. The second-order valence-corrected chi connectivity index (χ2v) is 9.77. The molecule has 1 N–H and O–H groups in total. The van der Waals surface area contributed by atoms with Gasteiger partial charge < -0.3 is 19.3 Å². The highest BCUT2D eigenvalue weighted by Crippen LogP contribution is 2.57. The highest BCUT2D eigenvalue weighted by Gasteiger charge is 2.54. The zero-order chi connectivity index (χ0) is 19.7. The second kappa shape index (κ2) is 5.87. The first-order valence-corrected chi connectivity index (χ1v) is 9.92. The van der Waals surface area contributed by atoms with Crippen molar-refractivity contribution in [2.45, 2.75) is 77.8 Å². The molecule has 0 bridgehead atoms. The predicted molar refractivity (Wildman–Crippen MR) is 101 cm³/mol. The third-order valence-corrected chi connectivity index (χ3v) is 6.33. The van der Waals surface area contributed by atoms with Gasteiger partial charge in [0.1, 0.15) is 11.2 Å². The number of benzene rings is 1. The minimum Gasteiger partial charge on any atom is -0.483 e. The number of ether oxygens (including phenoxy) is 3. The van der Waals surface area contributed by atoms with Gasteiger partial charge in [-0.2, -0.15) is 0 Å². The van der Waals surface area contributed by atoms with Crippen LogP contribution in [0.1, 0.15) is 65.2 Å². The van der Waals surface area contributed by atoms with Crippen molar-refractivity contribution in [2.24, 2.45) is 17.8 Å². The van der Waals surface area contributed by atoms with Crippen LogP contribution in [-0.2, 0) is 16.0 Å². The summed E-state index contributed by atoms with van der Waals surface area (Å²) in [5, 5.41) is 9.76. The molecule has 1 fully saturated rings. The number of carboxylic acids is 1. The second-order valence-electron chi connectivity index (χ2n) is 9.77. The zero-order valence-corrected chi connectivity index (χ0v) is 17.0. The van der Waals surface area contributed by atoms with Gasteiger partial charge in [-0.25, -0.2) is 0 Å². The molecule has 4 rings (SSSR count). The van der Waals surface area contributed by atoms with E-state index in [1.807, 2.05) is 27.7 Å². The van der Waals surface area contributed by atoms with E-state index >= 15 is 0 Å². The molecule has 0 saturated carbocycles. The first-order valence-electron chi connectivity index (χ1n) is 9.92. The van der Waals surface area contributed by atoms with Crippen molar-refractivity contribution in [2.75, 3.05) is 0 Å². The first-order chi connectivity index (χ1) is 12.5. The molecule has 4 atom stereocenters. The van der Waals surface area contributed by atoms with E-state index in [0.29, 0.717) is 6.42 Å². The van der Waals surface area contributed by atoms with Crippen molar-refractivity contribution in [3.8, 4) is 11.5 Å². The van der Waals surface area contributed by atoms with Gasteiger partial charge in [-0.1, -0.05) is 26.0 Å². The van der Waals surface area contributed by atoms with Gasteiger partial charge in [-0.05, 0) is 40.0 Å². The molecule has 0 unspecified atom stereocenters. The number of carboxylic acid groups (broad SMARTS) is 1. The normalized spacial score (nSPS) is 32.7. The van der Waals surface area contributed by atoms with E-state index in [4.69, 9.17) is 14.2 Å². The molecule has 0 aliphatic carbocycles. The number of hydrogen-bond acceptors (Lipinski definition) is 4. The van der Waals surface area contributed by atoms with Crippen molar-refractivity contribution >= 4 is 5.97 Å². The van der Waals surface area contributed by atoms with Gasteiger partial charge in [0.25, 0.3) is 0 Å². The highest BCUT2D eigenvalue weighted by molar-refractivity contribution is 5.71. The van der Waals surface area contributed by atoms with Crippen molar-refractivity contribution in [3.05, 3.63) is 23.3 Å². The van der Waals surface area contributed by atoms with Crippen LogP contribution in [-0.4, -0.2) is 28.4 Å². The van der Waals surface area contributed by atoms with E-state index in [2.05, 4.69) is 26.0 Å². The lowest BCUT2D eigenvalue weighted by atomic mass is 9.70. The monoisotopic (exact) mass is 374 g/mol. The van der Waals surface area contributed by atoms with E-state index in [-0.39, 0.29) is 29.6 Å². The number of carbonyl (C=O) groups is 1. The maximum Gasteiger partial charge on any atom is 0.309 e. The summed E-state index contributed by atoms with van der Waals surface area (Å²) in [6.07, 6.45) is 0.920. The summed E-state index contributed by atoms with van der Waals surface area (Å²) in [6, 6.07) is 4.20. The Kier molecular flexibility index (Phi) is 4.05. The van der Waals surface area contributed by atoms with Crippen LogP contribution in [0, 0.1) is 17.8 Å². The van der Waals surface area contributed by atoms with Crippen LogP contribution in [0.5, 0.6) is 11.5 Å². The minimum atomic E-state index is -0.784. The molecular formula is C22H30O5. The fourth-order valence-electron chi connectivity index (χ4n) is 5.00. The van der Waals surface area contributed by atoms with Crippen LogP contribution in [0.15, 0.2) is 12.1 Å². The molecule has 148 valence electrons. The molecule has 27 heavy (non-hydrogen) atoms. The minimum absolute atomic E-state index is 0.0198. The fraction of sp³-hybridized carbons (Fsp3) is 0.682. The largest absolute Gasteiger partial charge is 0.483 e.